The molecule has 6 N–H and O–H groups in total. The van der Waals surface area contributed by atoms with Crippen molar-refractivity contribution in [3.8, 4) is 0 Å². The number of likely N-dealkylation sites (tertiary alicyclic amines) is 1. The number of aliphatic hydroxyl groups excluding tert-OH is 2. The van der Waals surface area contributed by atoms with Crippen molar-refractivity contribution in [2.75, 3.05) is 48.3 Å². The maximum Gasteiger partial charge on any atom is 0.353 e. The van der Waals surface area contributed by atoms with E-state index in [1.807, 2.05) is 25.8 Å². The number of carboxylic acids is 2. The van der Waals surface area contributed by atoms with Crippen LogP contribution in [0.15, 0.2) is 10.6 Å². The average molecular weight is 785 g/mol. The van der Waals surface area contributed by atoms with E-state index in [0.717, 1.165) is 0 Å². The lowest BCUT2D eigenvalue weighted by molar-refractivity contribution is -0.163. The fourth-order valence-electron chi connectivity index (χ4n) is 8.35. The van der Waals surface area contributed by atoms with Crippen LogP contribution in [0.1, 0.15) is 40.5 Å². The van der Waals surface area contributed by atoms with Crippen LogP contribution in [0.2, 0.25) is 0 Å². The molecule has 4 fully saturated rings. The third-order valence-electron chi connectivity index (χ3n) is 11.2. The summed E-state index contributed by atoms with van der Waals surface area (Å²) >= 11 is 3.03. The van der Waals surface area contributed by atoms with Crippen molar-refractivity contribution in [3.05, 3.63) is 10.6 Å². The number of thioether (sulfide) groups is 2. The Labute approximate surface area is 319 Å². The Hall–Kier alpha value is -2.74. The molecule has 0 spiro atoms. The minimum Gasteiger partial charge on any atom is -0.480 e. The number of hydrogen-bond acceptors (Lipinski definition) is 13. The zero-order valence-corrected chi connectivity index (χ0v) is 33.5. The van der Waals surface area contributed by atoms with Crippen LogP contribution < -0.4 is 10.6 Å². The second-order valence-corrected chi connectivity index (χ2v) is 18.2. The summed E-state index contributed by atoms with van der Waals surface area (Å²) in [6.07, 6.45) is 0.337. The molecule has 3 amide bonds. The molecule has 0 bridgehead atoms. The van der Waals surface area contributed by atoms with E-state index < -0.39 is 42.0 Å². The molecule has 0 aromatic rings. The zero-order valence-electron chi connectivity index (χ0n) is 31.8. The number of amides is 3. The van der Waals surface area contributed by atoms with Crippen molar-refractivity contribution in [1.82, 2.24) is 30.2 Å². The number of carbonyl (C=O) groups excluding carboxylic acids is 4. The van der Waals surface area contributed by atoms with Crippen molar-refractivity contribution in [3.63, 3.8) is 0 Å². The van der Waals surface area contributed by atoms with Crippen molar-refractivity contribution in [2.45, 2.75) is 98.7 Å². The molecule has 5 aliphatic rings. The number of carbonyl (C=O) groups is 6. The van der Waals surface area contributed by atoms with Crippen LogP contribution >= 0.6 is 23.5 Å². The third-order valence-corrected chi connectivity index (χ3v) is 14.5. The number of carboxylic acid groups (broad SMARTS) is 2. The molecule has 0 aromatic heterocycles. The highest BCUT2D eigenvalue weighted by molar-refractivity contribution is 8.03. The Morgan fingerprint density at radius 2 is 1.60 bits per heavy atom. The van der Waals surface area contributed by atoms with E-state index in [4.69, 9.17) is 0 Å². The normalized spacial score (nSPS) is 35.5. The lowest BCUT2D eigenvalue weighted by atomic mass is 9.79. The monoisotopic (exact) mass is 784 g/mol. The van der Waals surface area contributed by atoms with Gasteiger partial charge in [-0.2, -0.15) is 11.8 Å². The van der Waals surface area contributed by atoms with Crippen LogP contribution in [0.3, 0.4) is 0 Å². The highest BCUT2D eigenvalue weighted by atomic mass is 32.2. The van der Waals surface area contributed by atoms with Crippen LogP contribution in [0.5, 0.6) is 0 Å². The van der Waals surface area contributed by atoms with E-state index >= 15 is 0 Å². The predicted octanol–water partition coefficient (Wildman–Crippen LogP) is -0.802. The first-order valence-corrected chi connectivity index (χ1v) is 19.8. The molecule has 4 saturated heterocycles. The maximum absolute atomic E-state index is 12.4. The van der Waals surface area contributed by atoms with Gasteiger partial charge in [0.25, 0.3) is 0 Å². The number of nitrogens with zero attached hydrogens (tertiary/aromatic N) is 4. The van der Waals surface area contributed by atoms with Crippen molar-refractivity contribution in [1.29, 1.82) is 0 Å². The van der Waals surface area contributed by atoms with E-state index in [2.05, 4.69) is 10.6 Å². The fourth-order valence-corrected chi connectivity index (χ4v) is 11.7. The largest absolute Gasteiger partial charge is 0.480 e. The molecule has 5 rings (SSSR count). The number of rotatable bonds is 12. The average Bonchev–Trinajstić information content (AvgIpc) is 3.82. The van der Waals surface area contributed by atoms with Crippen molar-refractivity contribution >= 4 is 59.5 Å². The van der Waals surface area contributed by atoms with Gasteiger partial charge in [0.1, 0.15) is 18.0 Å². The van der Waals surface area contributed by atoms with Crippen LogP contribution in [0.25, 0.3) is 0 Å². The minimum absolute atomic E-state index is 0.0217. The van der Waals surface area contributed by atoms with Gasteiger partial charge in [-0.05, 0) is 39.7 Å². The summed E-state index contributed by atoms with van der Waals surface area (Å²) in [5.74, 6) is -3.78. The Kier molecular flexibility index (Phi) is 14.1. The first kappa shape index (κ1) is 43.0. The van der Waals surface area contributed by atoms with Gasteiger partial charge in [0, 0.05) is 73.9 Å². The number of aliphatic carboxylic acids is 2. The van der Waals surface area contributed by atoms with E-state index in [0.29, 0.717) is 37.1 Å². The second kappa shape index (κ2) is 17.4. The fraction of sp³-hybridized carbons (Fsp3) is 0.771. The molecule has 0 aromatic carbocycles. The van der Waals surface area contributed by atoms with Gasteiger partial charge < -0.3 is 45.2 Å². The molecule has 5 aliphatic heterocycles. The molecular formula is C35H56N6O10S2. The van der Waals surface area contributed by atoms with Gasteiger partial charge in [-0.25, -0.2) is 4.79 Å². The van der Waals surface area contributed by atoms with Crippen LogP contribution in [-0.2, 0) is 28.8 Å². The molecular weight excluding hydrogens is 729 g/mol. The van der Waals surface area contributed by atoms with Gasteiger partial charge in [0.15, 0.2) is 0 Å². The summed E-state index contributed by atoms with van der Waals surface area (Å²) < 4.78 is 0. The van der Waals surface area contributed by atoms with E-state index in [9.17, 15) is 49.2 Å². The third kappa shape index (κ3) is 8.73. The first-order valence-electron chi connectivity index (χ1n) is 18.0. The molecule has 0 radical (unpaired) electrons. The Bertz CT molecular complexity index is 1460. The van der Waals surface area contributed by atoms with E-state index in [-0.39, 0.29) is 75.2 Å². The van der Waals surface area contributed by atoms with Gasteiger partial charge >= 0.3 is 11.9 Å². The highest BCUT2D eigenvalue weighted by Crippen LogP contribution is 2.52. The van der Waals surface area contributed by atoms with E-state index in [1.165, 1.54) is 16.7 Å². The van der Waals surface area contributed by atoms with Crippen molar-refractivity contribution < 1.29 is 49.2 Å². The number of nitrogens with one attached hydrogen (secondary N) is 2. The molecule has 5 heterocycles. The summed E-state index contributed by atoms with van der Waals surface area (Å²) in [6.45, 7) is 8.27. The summed E-state index contributed by atoms with van der Waals surface area (Å²) in [5.41, 5.74) is 0.0458. The number of aldehydes is 1. The molecule has 53 heavy (non-hydrogen) atoms. The minimum atomic E-state index is -1.11. The lowest BCUT2D eigenvalue weighted by Crippen LogP contribution is -2.63. The number of β-lactam (4-membered cyclic amide) rings is 1. The quantitative estimate of drug-likeness (QED) is 0.105. The Balaban J connectivity index is 0.000000237. The molecule has 0 aliphatic carbocycles. The zero-order chi connectivity index (χ0) is 39.8. The Morgan fingerprint density at radius 1 is 0.981 bits per heavy atom. The predicted molar refractivity (Wildman–Crippen MR) is 200 cm³/mol. The van der Waals surface area contributed by atoms with Gasteiger partial charge in [-0.15, -0.1) is 11.8 Å². The number of aliphatic hydroxyl groups is 2. The van der Waals surface area contributed by atoms with Crippen LogP contribution in [0.4, 0.5) is 0 Å². The van der Waals surface area contributed by atoms with Gasteiger partial charge in [-0.3, -0.25) is 29.4 Å². The smallest absolute Gasteiger partial charge is 0.353 e. The molecule has 16 nitrogen and oxygen atoms in total. The summed E-state index contributed by atoms with van der Waals surface area (Å²) in [5, 5.41) is 45.3. The summed E-state index contributed by atoms with van der Waals surface area (Å²) in [7, 11) is 8.79. The van der Waals surface area contributed by atoms with E-state index in [1.54, 1.807) is 63.6 Å². The van der Waals surface area contributed by atoms with Gasteiger partial charge in [0.2, 0.25) is 17.7 Å². The lowest BCUT2D eigenvalue weighted by Gasteiger charge is -2.46. The number of hydrogen-bond donors (Lipinski definition) is 6. The van der Waals surface area contributed by atoms with Gasteiger partial charge in [-0.1, -0.05) is 13.8 Å². The molecule has 0 saturated carbocycles. The summed E-state index contributed by atoms with van der Waals surface area (Å²) in [4.78, 5) is 79.0. The first-order chi connectivity index (χ1) is 24.7. The number of likely N-dealkylation sites (N-methyl/N-ethyl adjacent to an activating group) is 3. The maximum atomic E-state index is 12.4. The van der Waals surface area contributed by atoms with Crippen LogP contribution in [-0.4, -0.2) is 182 Å². The second-order valence-electron chi connectivity index (χ2n) is 15.4. The molecule has 14 atom stereocenters. The topological polar surface area (TPSA) is 220 Å². The molecule has 14 unspecified atom stereocenters. The molecule has 298 valence electrons. The SMILES string of the molecule is CC(O)C(C=O)C1NC(C(=O)O)C(SC2CNC(C(=O)N(C)C)C2)C1C.CC(O)C1C(=O)N2C(C(=O)O)=C(SC3CC(C(=O)N(C)C)N(C)C3)C(C)C12. The molecule has 18 heteroatoms. The van der Waals surface area contributed by atoms with Gasteiger partial charge in [0.05, 0.1) is 42.2 Å². The van der Waals surface area contributed by atoms with Crippen molar-refractivity contribution in [2.24, 2.45) is 23.7 Å². The summed E-state index contributed by atoms with van der Waals surface area (Å²) in [6, 6.07) is -1.94. The Morgan fingerprint density at radius 3 is 2.11 bits per heavy atom. The number of fused-ring (bicyclic) bond motifs is 1. The van der Waals surface area contributed by atoms with Crippen LogP contribution in [0, 0.1) is 23.7 Å². The highest BCUT2D eigenvalue weighted by Gasteiger charge is 2.60. The standard InChI is InChI=1S/C18H27N3O5S.C17H29N3O5S/c1-8-13-12(9(2)22)17(24)21(13)14(18(25)26)15(8)27-10-6-11(20(5)7-10)16(23)19(3)4;1-8-13(11(7-21)9(2)22)19-14(17(24)25)15(8)26-10-5-12(18-6-10)16(23)20(3)4/h8-13,22H,6-7H2,1-5H3,(H,25,26);7-15,18-19,22H,5-6H2,1-4H3,(H,24,25).